The van der Waals surface area contributed by atoms with E-state index in [1.54, 1.807) is 35.9 Å². The molecule has 8 heteroatoms. The molecule has 0 bridgehead atoms. The van der Waals surface area contributed by atoms with E-state index in [2.05, 4.69) is 34.7 Å². The molecule has 3 aromatic rings. The molecule has 6 nitrogen and oxygen atoms in total. The molecule has 166 valence electrons. The third-order valence-corrected chi connectivity index (χ3v) is 6.66. The summed E-state index contributed by atoms with van der Waals surface area (Å²) in [6.07, 6.45) is 0.904. The van der Waals surface area contributed by atoms with Gasteiger partial charge < -0.3 is 9.47 Å². The number of hydrogen-bond donors (Lipinski definition) is 0. The van der Waals surface area contributed by atoms with Crippen molar-refractivity contribution in [2.75, 3.05) is 18.0 Å². The van der Waals surface area contributed by atoms with E-state index < -0.39 is 0 Å². The molecule has 0 unspecified atom stereocenters. The number of benzene rings is 1. The van der Waals surface area contributed by atoms with Crippen molar-refractivity contribution in [1.82, 2.24) is 14.5 Å². The normalized spacial score (nSPS) is 19.3. The minimum Gasteiger partial charge on any atom is -0.364 e. The first-order valence-electron chi connectivity index (χ1n) is 10.7. The maximum atomic E-state index is 13.5. The highest BCUT2D eigenvalue weighted by atomic mass is 35.5. The summed E-state index contributed by atoms with van der Waals surface area (Å²) in [5, 5.41) is 9.76. The van der Waals surface area contributed by atoms with Gasteiger partial charge in [0.1, 0.15) is 23.1 Å². The number of nitriles is 1. The highest BCUT2D eigenvalue weighted by Crippen LogP contribution is 2.31. The Morgan fingerprint density at radius 3 is 2.72 bits per heavy atom. The summed E-state index contributed by atoms with van der Waals surface area (Å²) in [6, 6.07) is 12.0. The van der Waals surface area contributed by atoms with Crippen LogP contribution < -0.4 is 10.5 Å². The Hall–Kier alpha value is -2.95. The monoisotopic (exact) mass is 453 g/mol. The van der Waals surface area contributed by atoms with Crippen LogP contribution in [-0.2, 0) is 13.6 Å². The second kappa shape index (κ2) is 8.89. The first-order valence-corrected chi connectivity index (χ1v) is 11.1. The summed E-state index contributed by atoms with van der Waals surface area (Å²) in [6.45, 7) is 6.33. The maximum absolute atomic E-state index is 13.5. The molecule has 32 heavy (non-hydrogen) atoms. The number of aryl methyl sites for hydroxylation is 1. The molecule has 3 heterocycles. The molecule has 4 rings (SSSR count). The standard InChI is InChI=1S/C24H25ClFN5O/c1-4-19-14-31(15(2)12-30(19)13-16-5-6-17(26)9-20(16)25)22-10-23(32)29(3)21-8-7-18(11-27)28-24(21)22/h5-10,15,19H,4,12-14H2,1-3H3/t15-,19+/m0/s1. The fourth-order valence-corrected chi connectivity index (χ4v) is 4.71. The van der Waals surface area contributed by atoms with Crippen LogP contribution in [0.15, 0.2) is 41.2 Å². The Labute approximate surface area is 191 Å². The fourth-order valence-electron chi connectivity index (χ4n) is 4.49. The van der Waals surface area contributed by atoms with Gasteiger partial charge in [-0.05, 0) is 43.2 Å². The number of piperazine rings is 1. The Balaban J connectivity index is 1.70. The van der Waals surface area contributed by atoms with Crippen molar-refractivity contribution in [3.63, 3.8) is 0 Å². The molecule has 2 atom stereocenters. The molecule has 0 spiro atoms. The van der Waals surface area contributed by atoms with Crippen molar-refractivity contribution < 1.29 is 4.39 Å². The molecule has 1 aliphatic rings. The Bertz CT molecular complexity index is 1270. The Morgan fingerprint density at radius 2 is 2.03 bits per heavy atom. The lowest BCUT2D eigenvalue weighted by Crippen LogP contribution is -2.57. The molecule has 1 aliphatic heterocycles. The van der Waals surface area contributed by atoms with E-state index in [0.29, 0.717) is 34.8 Å². The van der Waals surface area contributed by atoms with Gasteiger partial charge in [0.05, 0.1) is 11.2 Å². The molecule has 1 aromatic carbocycles. The van der Waals surface area contributed by atoms with Crippen molar-refractivity contribution in [3.8, 4) is 6.07 Å². The number of rotatable bonds is 4. The van der Waals surface area contributed by atoms with Gasteiger partial charge in [-0.1, -0.05) is 24.6 Å². The molecule has 0 aliphatic carbocycles. The summed E-state index contributed by atoms with van der Waals surface area (Å²) < 4.78 is 15.0. The number of nitrogens with zero attached hydrogens (tertiary/aromatic N) is 5. The predicted molar refractivity (Wildman–Crippen MR) is 124 cm³/mol. The SMILES string of the molecule is CC[C@@H]1CN(c2cc(=O)n(C)c3ccc(C#N)nc23)[C@@H](C)CN1Cc1ccc(F)cc1Cl. The Morgan fingerprint density at radius 1 is 1.25 bits per heavy atom. The van der Waals surface area contributed by atoms with Gasteiger partial charge in [-0.2, -0.15) is 5.26 Å². The van der Waals surface area contributed by atoms with Gasteiger partial charge in [0.15, 0.2) is 0 Å². The highest BCUT2D eigenvalue weighted by Gasteiger charge is 2.32. The van der Waals surface area contributed by atoms with E-state index >= 15 is 0 Å². The fraction of sp³-hybridized carbons (Fsp3) is 0.375. The lowest BCUT2D eigenvalue weighted by atomic mass is 10.0. The van der Waals surface area contributed by atoms with E-state index in [-0.39, 0.29) is 23.5 Å². The first-order chi connectivity index (χ1) is 15.3. The quantitative estimate of drug-likeness (QED) is 0.595. The largest absolute Gasteiger partial charge is 0.364 e. The zero-order chi connectivity index (χ0) is 23.0. The van der Waals surface area contributed by atoms with Crippen LogP contribution in [0.5, 0.6) is 0 Å². The van der Waals surface area contributed by atoms with E-state index in [9.17, 15) is 14.4 Å². The third-order valence-electron chi connectivity index (χ3n) is 6.31. The van der Waals surface area contributed by atoms with Gasteiger partial charge in [0.25, 0.3) is 5.56 Å². The molecule has 1 fully saturated rings. The van der Waals surface area contributed by atoms with Gasteiger partial charge in [0, 0.05) is 49.9 Å². The molecule has 0 saturated carbocycles. The van der Waals surface area contributed by atoms with Crippen LogP contribution in [0.3, 0.4) is 0 Å². The second-order valence-electron chi connectivity index (χ2n) is 8.33. The average molecular weight is 454 g/mol. The highest BCUT2D eigenvalue weighted by molar-refractivity contribution is 6.31. The van der Waals surface area contributed by atoms with Crippen LogP contribution in [0.25, 0.3) is 11.0 Å². The second-order valence-corrected chi connectivity index (χ2v) is 8.74. The number of hydrogen-bond acceptors (Lipinski definition) is 5. The van der Waals surface area contributed by atoms with Gasteiger partial charge in [-0.25, -0.2) is 9.37 Å². The smallest absolute Gasteiger partial charge is 0.252 e. The van der Waals surface area contributed by atoms with Gasteiger partial charge in [0.2, 0.25) is 0 Å². The van der Waals surface area contributed by atoms with E-state index in [1.807, 2.05) is 0 Å². The topological polar surface area (TPSA) is 65.2 Å². The molecule has 0 radical (unpaired) electrons. The average Bonchev–Trinajstić information content (AvgIpc) is 2.78. The van der Waals surface area contributed by atoms with Crippen molar-refractivity contribution in [1.29, 1.82) is 5.26 Å². The minimum absolute atomic E-state index is 0.0971. The van der Waals surface area contributed by atoms with Gasteiger partial charge in [-0.3, -0.25) is 9.69 Å². The Kier molecular flexibility index (Phi) is 6.18. The molecule has 2 aromatic heterocycles. The van der Waals surface area contributed by atoms with Crippen LogP contribution in [0.4, 0.5) is 10.1 Å². The van der Waals surface area contributed by atoms with Crippen LogP contribution in [0, 0.1) is 17.1 Å². The van der Waals surface area contributed by atoms with E-state index in [1.165, 1.54) is 12.1 Å². The van der Waals surface area contributed by atoms with Crippen molar-refractivity contribution in [2.45, 2.75) is 38.9 Å². The first kappa shape index (κ1) is 22.3. The molecule has 0 N–H and O–H groups in total. The van der Waals surface area contributed by atoms with Crippen LogP contribution in [0.1, 0.15) is 31.5 Å². The maximum Gasteiger partial charge on any atom is 0.252 e. The number of pyridine rings is 2. The minimum atomic E-state index is -0.342. The van der Waals surface area contributed by atoms with Crippen molar-refractivity contribution in [3.05, 3.63) is 68.8 Å². The van der Waals surface area contributed by atoms with Crippen LogP contribution in [-0.4, -0.2) is 39.6 Å². The van der Waals surface area contributed by atoms with Crippen LogP contribution >= 0.6 is 11.6 Å². The zero-order valence-corrected chi connectivity index (χ0v) is 19.1. The summed E-state index contributed by atoms with van der Waals surface area (Å²) in [7, 11) is 1.71. The van der Waals surface area contributed by atoms with Crippen molar-refractivity contribution >= 4 is 28.3 Å². The molecule has 0 amide bonds. The molecular weight excluding hydrogens is 429 g/mol. The summed E-state index contributed by atoms with van der Waals surface area (Å²) in [5.41, 5.74) is 3.22. The lowest BCUT2D eigenvalue weighted by molar-refractivity contribution is 0.142. The molecule has 1 saturated heterocycles. The summed E-state index contributed by atoms with van der Waals surface area (Å²) in [4.78, 5) is 21.8. The van der Waals surface area contributed by atoms with Crippen molar-refractivity contribution in [2.24, 2.45) is 7.05 Å². The number of halogens is 2. The van der Waals surface area contributed by atoms with Gasteiger partial charge in [-0.15, -0.1) is 0 Å². The van der Waals surface area contributed by atoms with Gasteiger partial charge >= 0.3 is 0 Å². The molecular formula is C24H25ClFN5O. The number of aromatic nitrogens is 2. The predicted octanol–water partition coefficient (Wildman–Crippen LogP) is 4.09. The third kappa shape index (κ3) is 4.08. The van der Waals surface area contributed by atoms with E-state index in [0.717, 1.165) is 24.2 Å². The summed E-state index contributed by atoms with van der Waals surface area (Å²) >= 11 is 6.28. The number of fused-ring (bicyclic) bond motifs is 1. The summed E-state index contributed by atoms with van der Waals surface area (Å²) in [5.74, 6) is -0.342. The van der Waals surface area contributed by atoms with E-state index in [4.69, 9.17) is 11.6 Å². The van der Waals surface area contributed by atoms with Crippen LogP contribution in [0.2, 0.25) is 5.02 Å². The zero-order valence-electron chi connectivity index (χ0n) is 18.3. The lowest BCUT2D eigenvalue weighted by Gasteiger charge is -2.46. The number of anilines is 1.